The summed E-state index contributed by atoms with van der Waals surface area (Å²) in [5.41, 5.74) is 2.60. The van der Waals surface area contributed by atoms with Crippen molar-refractivity contribution in [3.05, 3.63) is 59.2 Å². The second-order valence-corrected chi connectivity index (χ2v) is 9.29. The first kappa shape index (κ1) is 20.4. The van der Waals surface area contributed by atoms with Gasteiger partial charge >= 0.3 is 0 Å². The largest absolute Gasteiger partial charge is 0.339 e. The average Bonchev–Trinajstić information content (AvgIpc) is 2.69. The Kier molecular flexibility index (Phi) is 6.08. The number of nitrogens with one attached hydrogen (secondary N) is 1. The van der Waals surface area contributed by atoms with E-state index in [1.807, 2.05) is 33.0 Å². The summed E-state index contributed by atoms with van der Waals surface area (Å²) in [6, 6.07) is 12.2. The maximum Gasteiger partial charge on any atom is 0.261 e. The van der Waals surface area contributed by atoms with Crippen LogP contribution in [0.4, 0.5) is 5.69 Å². The van der Waals surface area contributed by atoms with E-state index in [0.717, 1.165) is 36.8 Å². The number of hydrogen-bond acceptors (Lipinski definition) is 3. The standard InChI is InChI=1S/C22H28N2O3S/c1-16-13-14-19(28(26,27)23-21-12-8-7-9-17(21)2)15-20(16)22(25)24(3)18-10-5-4-6-11-18/h7-9,12-15,18,23H,4-6,10-11H2,1-3H3. The van der Waals surface area contributed by atoms with Gasteiger partial charge in [0.1, 0.15) is 0 Å². The molecule has 2 aromatic carbocycles. The third kappa shape index (κ3) is 4.38. The van der Waals surface area contributed by atoms with Crippen LogP contribution in [-0.4, -0.2) is 32.3 Å². The van der Waals surface area contributed by atoms with Gasteiger partial charge in [-0.05, 0) is 56.0 Å². The van der Waals surface area contributed by atoms with E-state index >= 15 is 0 Å². The van der Waals surface area contributed by atoms with Crippen molar-refractivity contribution in [1.29, 1.82) is 0 Å². The van der Waals surface area contributed by atoms with Crippen molar-refractivity contribution in [2.75, 3.05) is 11.8 Å². The van der Waals surface area contributed by atoms with Crippen LogP contribution in [0.3, 0.4) is 0 Å². The Hall–Kier alpha value is -2.34. The molecule has 0 saturated heterocycles. The molecular weight excluding hydrogens is 372 g/mol. The molecule has 0 aromatic heterocycles. The maximum absolute atomic E-state index is 13.1. The minimum atomic E-state index is -3.78. The zero-order valence-corrected chi connectivity index (χ0v) is 17.6. The molecule has 2 aromatic rings. The minimum Gasteiger partial charge on any atom is -0.339 e. The van der Waals surface area contributed by atoms with E-state index in [2.05, 4.69) is 4.72 Å². The van der Waals surface area contributed by atoms with Crippen LogP contribution >= 0.6 is 0 Å². The van der Waals surface area contributed by atoms with Gasteiger partial charge in [-0.15, -0.1) is 0 Å². The lowest BCUT2D eigenvalue weighted by Crippen LogP contribution is -2.38. The molecule has 0 bridgehead atoms. The summed E-state index contributed by atoms with van der Waals surface area (Å²) in [7, 11) is -1.96. The SMILES string of the molecule is Cc1ccccc1NS(=O)(=O)c1ccc(C)c(C(=O)N(C)C2CCCCC2)c1. The monoisotopic (exact) mass is 400 g/mol. The highest BCUT2D eigenvalue weighted by molar-refractivity contribution is 7.92. The van der Waals surface area contributed by atoms with E-state index in [1.54, 1.807) is 29.2 Å². The fourth-order valence-electron chi connectivity index (χ4n) is 3.71. The number of aryl methyl sites for hydroxylation is 2. The van der Waals surface area contributed by atoms with Gasteiger partial charge in [0.2, 0.25) is 0 Å². The zero-order valence-electron chi connectivity index (χ0n) is 16.7. The molecule has 1 amide bonds. The number of anilines is 1. The second kappa shape index (κ2) is 8.35. The number of para-hydroxylation sites is 1. The van der Waals surface area contributed by atoms with Gasteiger partial charge in [-0.25, -0.2) is 8.42 Å². The molecular formula is C22H28N2O3S. The van der Waals surface area contributed by atoms with E-state index in [0.29, 0.717) is 11.3 Å². The predicted octanol–water partition coefficient (Wildman–Crippen LogP) is 4.51. The number of rotatable bonds is 5. The molecule has 28 heavy (non-hydrogen) atoms. The van der Waals surface area contributed by atoms with Gasteiger partial charge in [0, 0.05) is 18.7 Å². The Morgan fingerprint density at radius 1 is 1.00 bits per heavy atom. The van der Waals surface area contributed by atoms with Crippen LogP contribution in [0, 0.1) is 13.8 Å². The molecule has 0 heterocycles. The lowest BCUT2D eigenvalue weighted by atomic mass is 9.94. The van der Waals surface area contributed by atoms with Crippen LogP contribution in [-0.2, 0) is 10.0 Å². The average molecular weight is 401 g/mol. The van der Waals surface area contributed by atoms with Gasteiger partial charge in [-0.3, -0.25) is 9.52 Å². The van der Waals surface area contributed by atoms with Gasteiger partial charge in [0.25, 0.3) is 15.9 Å². The Morgan fingerprint density at radius 3 is 2.36 bits per heavy atom. The van der Waals surface area contributed by atoms with Gasteiger partial charge in [0.05, 0.1) is 10.6 Å². The van der Waals surface area contributed by atoms with Gasteiger partial charge in [0.15, 0.2) is 0 Å². The summed E-state index contributed by atoms with van der Waals surface area (Å²) in [4.78, 5) is 15.0. The summed E-state index contributed by atoms with van der Waals surface area (Å²) >= 11 is 0. The number of nitrogens with zero attached hydrogens (tertiary/aromatic N) is 1. The Labute approximate surface area is 167 Å². The third-order valence-corrected chi connectivity index (χ3v) is 6.95. The van der Waals surface area contributed by atoms with Crippen molar-refractivity contribution in [3.63, 3.8) is 0 Å². The molecule has 0 spiro atoms. The molecule has 0 aliphatic heterocycles. The van der Waals surface area contributed by atoms with E-state index < -0.39 is 10.0 Å². The van der Waals surface area contributed by atoms with Crippen molar-refractivity contribution in [2.45, 2.75) is 56.9 Å². The molecule has 0 unspecified atom stereocenters. The fourth-order valence-corrected chi connectivity index (χ4v) is 4.87. The normalized spacial score (nSPS) is 15.2. The summed E-state index contributed by atoms with van der Waals surface area (Å²) in [5.74, 6) is -0.114. The number of sulfonamides is 1. The Morgan fingerprint density at radius 2 is 1.68 bits per heavy atom. The summed E-state index contributed by atoms with van der Waals surface area (Å²) < 4.78 is 28.4. The Balaban J connectivity index is 1.88. The van der Waals surface area contributed by atoms with Crippen molar-refractivity contribution in [2.24, 2.45) is 0 Å². The molecule has 0 radical (unpaired) electrons. The highest BCUT2D eigenvalue weighted by atomic mass is 32.2. The number of hydrogen-bond donors (Lipinski definition) is 1. The highest BCUT2D eigenvalue weighted by Crippen LogP contribution is 2.25. The lowest BCUT2D eigenvalue weighted by molar-refractivity contribution is 0.0695. The van der Waals surface area contributed by atoms with Crippen molar-refractivity contribution in [1.82, 2.24) is 4.90 Å². The van der Waals surface area contributed by atoms with Crippen LogP contribution in [0.5, 0.6) is 0 Å². The second-order valence-electron chi connectivity index (χ2n) is 7.61. The van der Waals surface area contributed by atoms with Crippen LogP contribution in [0.2, 0.25) is 0 Å². The van der Waals surface area contributed by atoms with E-state index in [9.17, 15) is 13.2 Å². The number of benzene rings is 2. The molecule has 1 saturated carbocycles. The first-order valence-corrected chi connectivity index (χ1v) is 11.2. The van der Waals surface area contributed by atoms with Crippen LogP contribution in [0.25, 0.3) is 0 Å². The minimum absolute atomic E-state index is 0.0988. The topological polar surface area (TPSA) is 66.5 Å². The van der Waals surface area contributed by atoms with Crippen LogP contribution < -0.4 is 4.72 Å². The van der Waals surface area contributed by atoms with E-state index in [-0.39, 0.29) is 16.8 Å². The Bertz CT molecular complexity index is 963. The van der Waals surface area contributed by atoms with Crippen molar-refractivity contribution in [3.8, 4) is 0 Å². The summed E-state index contributed by atoms with van der Waals surface area (Å²) in [5, 5.41) is 0. The third-order valence-electron chi connectivity index (χ3n) is 5.58. The van der Waals surface area contributed by atoms with Gasteiger partial charge in [-0.2, -0.15) is 0 Å². The first-order valence-electron chi connectivity index (χ1n) is 9.76. The molecule has 0 atom stereocenters. The fraction of sp³-hybridized carbons (Fsp3) is 0.409. The molecule has 5 nitrogen and oxygen atoms in total. The van der Waals surface area contributed by atoms with Crippen molar-refractivity contribution < 1.29 is 13.2 Å². The van der Waals surface area contributed by atoms with Crippen molar-refractivity contribution >= 4 is 21.6 Å². The van der Waals surface area contributed by atoms with E-state index in [4.69, 9.17) is 0 Å². The quantitative estimate of drug-likeness (QED) is 0.803. The molecule has 150 valence electrons. The zero-order chi connectivity index (χ0) is 20.3. The van der Waals surface area contributed by atoms with E-state index in [1.165, 1.54) is 12.5 Å². The molecule has 3 rings (SSSR count). The van der Waals surface area contributed by atoms with Crippen LogP contribution in [0.1, 0.15) is 53.6 Å². The number of carbonyl (C=O) groups is 1. The molecule has 1 N–H and O–H groups in total. The van der Waals surface area contributed by atoms with Gasteiger partial charge in [-0.1, -0.05) is 43.5 Å². The number of carbonyl (C=O) groups excluding carboxylic acids is 1. The van der Waals surface area contributed by atoms with Crippen LogP contribution in [0.15, 0.2) is 47.4 Å². The summed E-state index contributed by atoms with van der Waals surface area (Å²) in [6.07, 6.45) is 5.50. The smallest absolute Gasteiger partial charge is 0.261 e. The molecule has 1 aliphatic carbocycles. The highest BCUT2D eigenvalue weighted by Gasteiger charge is 2.25. The number of amides is 1. The first-order chi connectivity index (χ1) is 13.3. The lowest BCUT2D eigenvalue weighted by Gasteiger charge is -2.31. The summed E-state index contributed by atoms with van der Waals surface area (Å²) in [6.45, 7) is 3.69. The molecule has 6 heteroatoms. The predicted molar refractivity (Wildman–Crippen MR) is 112 cm³/mol. The maximum atomic E-state index is 13.1. The van der Waals surface area contributed by atoms with Gasteiger partial charge < -0.3 is 4.90 Å². The molecule has 1 fully saturated rings. The molecule has 1 aliphatic rings.